The lowest BCUT2D eigenvalue weighted by atomic mass is 10.2. The Labute approximate surface area is 244 Å². The zero-order valence-corrected chi connectivity index (χ0v) is 23.0. The molecular weight excluding hydrogens is 615 g/mol. The summed E-state index contributed by atoms with van der Waals surface area (Å²) in [6.07, 6.45) is -2.40. The Hall–Kier alpha value is -4.69. The molecule has 0 atom stereocenters. The third-order valence-electron chi connectivity index (χ3n) is 6.52. The summed E-state index contributed by atoms with van der Waals surface area (Å²) in [5.41, 5.74) is -1.03. The first-order valence-corrected chi connectivity index (χ1v) is 14.3. The maximum atomic E-state index is 15.7. The van der Waals surface area contributed by atoms with Gasteiger partial charge in [0.05, 0.1) is 37.8 Å². The summed E-state index contributed by atoms with van der Waals surface area (Å²) < 4.78 is 99.3. The lowest BCUT2D eigenvalue weighted by Crippen LogP contribution is -2.16. The topological polar surface area (TPSA) is 103 Å². The number of fused-ring (bicyclic) bond motifs is 2. The Bertz CT molecular complexity index is 2150. The summed E-state index contributed by atoms with van der Waals surface area (Å²) in [5, 5.41) is 1.69. The van der Waals surface area contributed by atoms with Crippen molar-refractivity contribution in [2.24, 2.45) is 0 Å². The van der Waals surface area contributed by atoms with Gasteiger partial charge in [-0.3, -0.25) is 4.57 Å². The van der Waals surface area contributed by atoms with Gasteiger partial charge in [0.2, 0.25) is 0 Å². The molecule has 1 N–H and O–H groups in total. The van der Waals surface area contributed by atoms with E-state index in [0.717, 1.165) is 42.2 Å². The van der Waals surface area contributed by atoms with E-state index in [1.807, 2.05) is 24.3 Å². The van der Waals surface area contributed by atoms with Gasteiger partial charge in [-0.05, 0) is 42.5 Å². The highest BCUT2D eigenvalue weighted by Crippen LogP contribution is 2.40. The van der Waals surface area contributed by atoms with Crippen LogP contribution in [0.25, 0.3) is 27.9 Å². The van der Waals surface area contributed by atoms with E-state index in [0.29, 0.717) is 16.9 Å². The average Bonchev–Trinajstić information content (AvgIpc) is 3.40. The standard InChI is InChI=1S/C28H16ClF5N6O2S/c29-16-4-3-7-21(23(16)28(32,33)34)43(41,42)12-15-8-9-17(30)25(24(15)31)39-27-26-19(35-13-36-27)10-11-22(38-26)40-14-37-18-5-1-2-6-20(18)40/h1-11,13-14H,12H2,(H,35,36,39). The van der Waals surface area contributed by atoms with Crippen molar-refractivity contribution in [1.29, 1.82) is 0 Å². The highest BCUT2D eigenvalue weighted by molar-refractivity contribution is 7.90. The minimum atomic E-state index is -5.10. The van der Waals surface area contributed by atoms with Crippen molar-refractivity contribution in [1.82, 2.24) is 24.5 Å². The fourth-order valence-electron chi connectivity index (χ4n) is 4.56. The number of para-hydroxylation sites is 2. The maximum absolute atomic E-state index is 15.7. The molecule has 0 aliphatic rings. The van der Waals surface area contributed by atoms with E-state index < -0.39 is 60.1 Å². The summed E-state index contributed by atoms with van der Waals surface area (Å²) >= 11 is 5.67. The van der Waals surface area contributed by atoms with E-state index in [9.17, 15) is 26.0 Å². The molecule has 0 radical (unpaired) electrons. The molecule has 43 heavy (non-hydrogen) atoms. The molecule has 15 heteroatoms. The van der Waals surface area contributed by atoms with Gasteiger partial charge in [0.25, 0.3) is 0 Å². The van der Waals surface area contributed by atoms with Gasteiger partial charge in [-0.1, -0.05) is 35.9 Å². The molecule has 0 aliphatic carbocycles. The lowest BCUT2D eigenvalue weighted by Gasteiger charge is -2.16. The number of alkyl halides is 3. The number of pyridine rings is 1. The molecular formula is C28H16ClF5N6O2S. The quantitative estimate of drug-likeness (QED) is 0.197. The summed E-state index contributed by atoms with van der Waals surface area (Å²) in [4.78, 5) is 16.0. The van der Waals surface area contributed by atoms with Crippen LogP contribution in [0.3, 0.4) is 0 Å². The number of aromatic nitrogens is 5. The normalized spacial score (nSPS) is 12.2. The van der Waals surface area contributed by atoms with Crippen molar-refractivity contribution in [3.63, 3.8) is 0 Å². The van der Waals surface area contributed by atoms with Crippen LogP contribution in [0.4, 0.5) is 33.5 Å². The van der Waals surface area contributed by atoms with E-state index in [1.54, 1.807) is 23.0 Å². The molecule has 0 saturated heterocycles. The van der Waals surface area contributed by atoms with Gasteiger partial charge in [0, 0.05) is 5.56 Å². The Morgan fingerprint density at radius 2 is 1.67 bits per heavy atom. The highest BCUT2D eigenvalue weighted by Gasteiger charge is 2.39. The van der Waals surface area contributed by atoms with Gasteiger partial charge in [0.1, 0.15) is 35.5 Å². The zero-order chi connectivity index (χ0) is 30.5. The van der Waals surface area contributed by atoms with E-state index in [4.69, 9.17) is 11.6 Å². The van der Waals surface area contributed by atoms with Crippen LogP contribution in [0.1, 0.15) is 11.1 Å². The van der Waals surface area contributed by atoms with Crippen molar-refractivity contribution < 1.29 is 30.4 Å². The Morgan fingerprint density at radius 3 is 2.47 bits per heavy atom. The fraction of sp³-hybridized carbons (Fsp3) is 0.0714. The van der Waals surface area contributed by atoms with Gasteiger partial charge >= 0.3 is 6.18 Å². The molecule has 0 amide bonds. The number of anilines is 2. The minimum absolute atomic E-state index is 0.108. The smallest absolute Gasteiger partial charge is 0.333 e. The van der Waals surface area contributed by atoms with Gasteiger partial charge in [-0.15, -0.1) is 0 Å². The molecule has 6 rings (SSSR count). The second kappa shape index (κ2) is 10.5. The Morgan fingerprint density at radius 1 is 0.884 bits per heavy atom. The van der Waals surface area contributed by atoms with Crippen molar-refractivity contribution in [2.45, 2.75) is 16.8 Å². The molecule has 3 heterocycles. The number of nitrogens with zero attached hydrogens (tertiary/aromatic N) is 5. The highest BCUT2D eigenvalue weighted by atomic mass is 35.5. The summed E-state index contributed by atoms with van der Waals surface area (Å²) in [5.74, 6) is -3.37. The van der Waals surface area contributed by atoms with Gasteiger partial charge in [-0.25, -0.2) is 37.1 Å². The summed E-state index contributed by atoms with van der Waals surface area (Å²) in [6.45, 7) is 0. The molecule has 0 spiro atoms. The maximum Gasteiger partial charge on any atom is 0.419 e. The Balaban J connectivity index is 1.39. The Kier molecular flexibility index (Phi) is 6.97. The van der Waals surface area contributed by atoms with Crippen LogP contribution < -0.4 is 5.32 Å². The molecule has 218 valence electrons. The van der Waals surface area contributed by atoms with Crippen LogP contribution in [-0.2, 0) is 21.8 Å². The predicted molar refractivity (Wildman–Crippen MR) is 149 cm³/mol. The monoisotopic (exact) mass is 630 g/mol. The van der Waals surface area contributed by atoms with Crippen LogP contribution in [0.2, 0.25) is 5.02 Å². The first-order chi connectivity index (χ1) is 20.4. The number of nitrogens with one attached hydrogen (secondary N) is 1. The SMILES string of the molecule is O=S(=O)(Cc1ccc(F)c(Nc2ncnc3ccc(-n4cnc5ccccc54)nc23)c1F)c1cccc(Cl)c1C(F)(F)F. The minimum Gasteiger partial charge on any atom is -0.333 e. The number of sulfone groups is 1. The van der Waals surface area contributed by atoms with Crippen molar-refractivity contribution in [3.8, 4) is 5.82 Å². The van der Waals surface area contributed by atoms with Crippen LogP contribution in [-0.4, -0.2) is 32.9 Å². The summed E-state index contributed by atoms with van der Waals surface area (Å²) in [6, 6.07) is 14.9. The first-order valence-electron chi connectivity index (χ1n) is 12.3. The van der Waals surface area contributed by atoms with E-state index in [2.05, 4.69) is 25.3 Å². The molecule has 0 bridgehead atoms. The van der Waals surface area contributed by atoms with Gasteiger partial charge in [-0.2, -0.15) is 13.2 Å². The number of hydrogen-bond donors (Lipinski definition) is 1. The lowest BCUT2D eigenvalue weighted by molar-refractivity contribution is -0.139. The number of halogens is 6. The van der Waals surface area contributed by atoms with Gasteiger partial charge in [0.15, 0.2) is 21.5 Å². The largest absolute Gasteiger partial charge is 0.419 e. The molecule has 0 saturated carbocycles. The molecule has 3 aromatic carbocycles. The van der Waals surface area contributed by atoms with E-state index >= 15 is 4.39 Å². The summed E-state index contributed by atoms with van der Waals surface area (Å²) in [7, 11) is -4.80. The van der Waals surface area contributed by atoms with Gasteiger partial charge < -0.3 is 5.32 Å². The van der Waals surface area contributed by atoms with Crippen molar-refractivity contribution in [2.75, 3.05) is 5.32 Å². The first kappa shape index (κ1) is 28.4. The number of hydrogen-bond acceptors (Lipinski definition) is 7. The van der Waals surface area contributed by atoms with E-state index in [1.165, 1.54) is 0 Å². The second-order valence-electron chi connectivity index (χ2n) is 9.25. The molecule has 0 unspecified atom stereocenters. The van der Waals surface area contributed by atoms with Crippen molar-refractivity contribution in [3.05, 3.63) is 107 Å². The number of imidazole rings is 1. The molecule has 6 aromatic rings. The van der Waals surface area contributed by atoms with Crippen molar-refractivity contribution >= 4 is 55.0 Å². The van der Waals surface area contributed by atoms with Crippen LogP contribution in [0.5, 0.6) is 0 Å². The molecule has 8 nitrogen and oxygen atoms in total. The zero-order valence-electron chi connectivity index (χ0n) is 21.4. The number of rotatable bonds is 6. The molecule has 0 aliphatic heterocycles. The average molecular weight is 631 g/mol. The number of benzene rings is 3. The van der Waals surface area contributed by atoms with Crippen LogP contribution >= 0.6 is 11.6 Å². The van der Waals surface area contributed by atoms with Crippen LogP contribution in [0.15, 0.2) is 84.3 Å². The van der Waals surface area contributed by atoms with Crippen LogP contribution in [0, 0.1) is 11.6 Å². The molecule has 0 fully saturated rings. The third-order valence-corrected chi connectivity index (χ3v) is 8.54. The predicted octanol–water partition coefficient (Wildman–Crippen LogP) is 7.03. The third kappa shape index (κ3) is 5.23. The fourth-order valence-corrected chi connectivity index (χ4v) is 6.51. The molecule has 3 aromatic heterocycles. The second-order valence-corrected chi connectivity index (χ2v) is 11.6. The van der Waals surface area contributed by atoms with E-state index in [-0.39, 0.29) is 11.3 Å².